The lowest BCUT2D eigenvalue weighted by Crippen LogP contribution is -2.47. The molecule has 0 saturated carbocycles. The summed E-state index contributed by atoms with van der Waals surface area (Å²) in [6.07, 6.45) is 0.834. The Morgan fingerprint density at radius 2 is 2.29 bits per heavy atom. The summed E-state index contributed by atoms with van der Waals surface area (Å²) in [6.45, 7) is 3.95. The van der Waals surface area contributed by atoms with Crippen LogP contribution in [0.25, 0.3) is 0 Å². The zero-order chi connectivity index (χ0) is 15.3. The molecule has 1 fully saturated rings. The van der Waals surface area contributed by atoms with Crippen LogP contribution in [0.2, 0.25) is 0 Å². The Bertz CT molecular complexity index is 622. The van der Waals surface area contributed by atoms with Gasteiger partial charge in [0.1, 0.15) is 5.75 Å². The van der Waals surface area contributed by atoms with Crippen molar-refractivity contribution in [2.75, 3.05) is 31.2 Å². The molecule has 0 bridgehead atoms. The SMILES string of the molecule is CC1CS(=O)(=O)CCN1CCCOc1cccc(C#N)c1. The molecule has 1 saturated heterocycles. The Labute approximate surface area is 126 Å². The fraction of sp³-hybridized carbons (Fsp3) is 0.533. The van der Waals surface area contributed by atoms with Crippen molar-refractivity contribution in [3.8, 4) is 11.8 Å². The van der Waals surface area contributed by atoms with Crippen LogP contribution in [0.5, 0.6) is 5.75 Å². The molecule has 5 nitrogen and oxygen atoms in total. The molecular weight excluding hydrogens is 288 g/mol. The van der Waals surface area contributed by atoms with Gasteiger partial charge in [-0.1, -0.05) is 6.07 Å². The van der Waals surface area contributed by atoms with Gasteiger partial charge in [0.2, 0.25) is 0 Å². The molecule has 6 heteroatoms. The number of nitrogens with zero attached hydrogens (tertiary/aromatic N) is 2. The summed E-state index contributed by atoms with van der Waals surface area (Å²) in [4.78, 5) is 2.19. The Hall–Kier alpha value is -1.58. The van der Waals surface area contributed by atoms with E-state index in [1.54, 1.807) is 18.2 Å². The molecule has 0 N–H and O–H groups in total. The predicted molar refractivity (Wildman–Crippen MR) is 81.0 cm³/mol. The minimum atomic E-state index is -2.85. The third kappa shape index (κ3) is 4.73. The van der Waals surface area contributed by atoms with E-state index in [1.807, 2.05) is 13.0 Å². The van der Waals surface area contributed by atoms with Crippen molar-refractivity contribution in [2.45, 2.75) is 19.4 Å². The van der Waals surface area contributed by atoms with Crippen LogP contribution in [0.15, 0.2) is 24.3 Å². The highest BCUT2D eigenvalue weighted by atomic mass is 32.2. The van der Waals surface area contributed by atoms with Gasteiger partial charge in [-0.15, -0.1) is 0 Å². The van der Waals surface area contributed by atoms with Gasteiger partial charge in [0.15, 0.2) is 9.84 Å². The Kier molecular flexibility index (Phi) is 5.21. The zero-order valence-corrected chi connectivity index (χ0v) is 13.0. The van der Waals surface area contributed by atoms with Crippen molar-refractivity contribution in [3.05, 3.63) is 29.8 Å². The Morgan fingerprint density at radius 3 is 3.00 bits per heavy atom. The number of nitriles is 1. The first-order valence-electron chi connectivity index (χ1n) is 7.07. The van der Waals surface area contributed by atoms with Crippen LogP contribution >= 0.6 is 0 Å². The van der Waals surface area contributed by atoms with E-state index in [4.69, 9.17) is 10.00 Å². The molecule has 1 atom stereocenters. The fourth-order valence-corrected chi connectivity index (χ4v) is 4.10. The number of rotatable bonds is 5. The van der Waals surface area contributed by atoms with Crippen LogP contribution in [0, 0.1) is 11.3 Å². The summed E-state index contributed by atoms with van der Waals surface area (Å²) in [5.41, 5.74) is 0.586. The lowest BCUT2D eigenvalue weighted by molar-refractivity contribution is 0.202. The molecule has 0 aromatic heterocycles. The third-order valence-electron chi connectivity index (χ3n) is 3.63. The van der Waals surface area contributed by atoms with Gasteiger partial charge in [-0.2, -0.15) is 5.26 Å². The summed E-state index contributed by atoms with van der Waals surface area (Å²) in [6, 6.07) is 9.24. The molecule has 2 rings (SSSR count). The second-order valence-electron chi connectivity index (χ2n) is 5.34. The van der Waals surface area contributed by atoms with Gasteiger partial charge >= 0.3 is 0 Å². The summed E-state index contributed by atoms with van der Waals surface area (Å²) >= 11 is 0. The fourth-order valence-electron chi connectivity index (χ4n) is 2.48. The molecule has 114 valence electrons. The summed E-state index contributed by atoms with van der Waals surface area (Å²) in [7, 11) is -2.85. The zero-order valence-electron chi connectivity index (χ0n) is 12.2. The van der Waals surface area contributed by atoms with Crippen LogP contribution in [-0.2, 0) is 9.84 Å². The van der Waals surface area contributed by atoms with Crippen LogP contribution in [0.1, 0.15) is 18.9 Å². The molecule has 1 unspecified atom stereocenters. The normalized spacial score (nSPS) is 21.6. The Morgan fingerprint density at radius 1 is 1.48 bits per heavy atom. The highest BCUT2D eigenvalue weighted by Gasteiger charge is 2.27. The number of ether oxygens (including phenoxy) is 1. The lowest BCUT2D eigenvalue weighted by Gasteiger charge is -2.32. The van der Waals surface area contributed by atoms with Crippen molar-refractivity contribution in [1.29, 1.82) is 5.26 Å². The minimum Gasteiger partial charge on any atom is -0.494 e. The summed E-state index contributed by atoms with van der Waals surface area (Å²) < 4.78 is 28.6. The van der Waals surface area contributed by atoms with Gasteiger partial charge < -0.3 is 4.74 Å². The number of sulfone groups is 1. The first kappa shape index (κ1) is 15.8. The summed E-state index contributed by atoms with van der Waals surface area (Å²) in [5.74, 6) is 1.20. The van der Waals surface area contributed by atoms with E-state index in [0.717, 1.165) is 13.0 Å². The smallest absolute Gasteiger partial charge is 0.153 e. The van der Waals surface area contributed by atoms with Crippen LogP contribution in [0.4, 0.5) is 0 Å². The highest BCUT2D eigenvalue weighted by molar-refractivity contribution is 7.91. The number of benzene rings is 1. The predicted octanol–water partition coefficient (Wildman–Crippen LogP) is 1.45. The van der Waals surface area contributed by atoms with E-state index in [9.17, 15) is 8.42 Å². The van der Waals surface area contributed by atoms with Crippen LogP contribution in [0.3, 0.4) is 0 Å². The average Bonchev–Trinajstić information content (AvgIpc) is 2.45. The first-order chi connectivity index (χ1) is 10.00. The first-order valence-corrected chi connectivity index (χ1v) is 8.90. The van der Waals surface area contributed by atoms with Gasteiger partial charge in [0.05, 0.1) is 29.7 Å². The molecule has 21 heavy (non-hydrogen) atoms. The molecule has 1 aromatic rings. The Balaban J connectivity index is 1.74. The van der Waals surface area contributed by atoms with Crippen LogP contribution < -0.4 is 4.74 Å². The second-order valence-corrected chi connectivity index (χ2v) is 7.57. The van der Waals surface area contributed by atoms with E-state index in [0.29, 0.717) is 24.5 Å². The van der Waals surface area contributed by atoms with Crippen molar-refractivity contribution < 1.29 is 13.2 Å². The maximum atomic E-state index is 11.5. The molecule has 1 aromatic carbocycles. The van der Waals surface area contributed by atoms with Gasteiger partial charge in [-0.05, 0) is 31.5 Å². The lowest BCUT2D eigenvalue weighted by atomic mass is 10.2. The monoisotopic (exact) mass is 308 g/mol. The van der Waals surface area contributed by atoms with Crippen molar-refractivity contribution >= 4 is 9.84 Å². The molecule has 1 aliphatic heterocycles. The number of hydrogen-bond donors (Lipinski definition) is 0. The van der Waals surface area contributed by atoms with Crippen molar-refractivity contribution in [2.24, 2.45) is 0 Å². The van der Waals surface area contributed by atoms with E-state index < -0.39 is 9.84 Å². The minimum absolute atomic E-state index is 0.0747. The molecule has 0 amide bonds. The van der Waals surface area contributed by atoms with E-state index in [2.05, 4.69) is 11.0 Å². The maximum absolute atomic E-state index is 11.5. The topological polar surface area (TPSA) is 70.4 Å². The largest absolute Gasteiger partial charge is 0.494 e. The molecule has 0 aliphatic carbocycles. The van der Waals surface area contributed by atoms with Crippen molar-refractivity contribution in [1.82, 2.24) is 4.90 Å². The van der Waals surface area contributed by atoms with Gasteiger partial charge in [0, 0.05) is 19.1 Å². The molecule has 1 aliphatic rings. The van der Waals surface area contributed by atoms with Crippen LogP contribution in [-0.4, -0.2) is 50.6 Å². The molecular formula is C15H20N2O3S. The second kappa shape index (κ2) is 6.92. The van der Waals surface area contributed by atoms with Gasteiger partial charge in [-0.3, -0.25) is 4.90 Å². The van der Waals surface area contributed by atoms with E-state index in [-0.39, 0.29) is 17.5 Å². The third-order valence-corrected chi connectivity index (χ3v) is 5.42. The van der Waals surface area contributed by atoms with E-state index >= 15 is 0 Å². The maximum Gasteiger partial charge on any atom is 0.153 e. The summed E-state index contributed by atoms with van der Waals surface area (Å²) in [5, 5.41) is 8.81. The highest BCUT2D eigenvalue weighted by Crippen LogP contribution is 2.14. The number of hydrogen-bond acceptors (Lipinski definition) is 5. The van der Waals surface area contributed by atoms with Gasteiger partial charge in [-0.25, -0.2) is 8.42 Å². The standard InChI is InChI=1S/C15H20N2O3S/c1-13-12-21(18,19)9-7-17(13)6-3-8-20-15-5-2-4-14(10-15)11-16/h2,4-5,10,13H,3,6-9,12H2,1H3. The molecule has 1 heterocycles. The quantitative estimate of drug-likeness (QED) is 0.770. The molecule has 0 spiro atoms. The van der Waals surface area contributed by atoms with Crippen molar-refractivity contribution in [3.63, 3.8) is 0 Å². The average molecular weight is 308 g/mol. The molecule has 0 radical (unpaired) electrons. The van der Waals surface area contributed by atoms with Gasteiger partial charge in [0.25, 0.3) is 0 Å². The van der Waals surface area contributed by atoms with E-state index in [1.165, 1.54) is 0 Å².